The smallest absolute Gasteiger partial charge is 0.132 e. The van der Waals surface area contributed by atoms with E-state index in [1.165, 1.54) is 25.7 Å². The molecule has 108 valence electrons. The normalized spacial score (nSPS) is 23.8. The number of rotatable bonds is 5. The fourth-order valence-electron chi connectivity index (χ4n) is 2.96. The number of aryl methyl sites for hydroxylation is 2. The van der Waals surface area contributed by atoms with Gasteiger partial charge in [-0.05, 0) is 38.1 Å². The van der Waals surface area contributed by atoms with Crippen molar-refractivity contribution in [2.45, 2.75) is 39.2 Å². The number of halogens is 1. The number of nitrogens with zero attached hydrogens (tertiary/aromatic N) is 2. The van der Waals surface area contributed by atoms with E-state index in [1.54, 1.807) is 4.68 Å². The van der Waals surface area contributed by atoms with Crippen LogP contribution in [0.1, 0.15) is 36.9 Å². The van der Waals surface area contributed by atoms with Crippen LogP contribution in [0.15, 0.2) is 0 Å². The predicted octanol–water partition coefficient (Wildman–Crippen LogP) is 2.66. The highest BCUT2D eigenvalue weighted by Gasteiger charge is 2.24. The Bertz CT molecular complexity index is 419. The van der Waals surface area contributed by atoms with Crippen molar-refractivity contribution in [1.82, 2.24) is 9.78 Å². The average molecular weight is 286 g/mol. The SMILES string of the molecule is Cc1nn(C)c(Cl)c1COCC1CCCCC1CN. The standard InChI is InChI=1S/C14H24ClN3O/c1-10-13(14(15)18(2)17-10)9-19-8-12-6-4-3-5-11(12)7-16/h11-12H,3-9,16H2,1-2H3. The van der Waals surface area contributed by atoms with E-state index in [9.17, 15) is 0 Å². The number of ether oxygens (including phenoxy) is 1. The maximum atomic E-state index is 6.19. The second-order valence-electron chi connectivity index (χ2n) is 5.53. The third kappa shape index (κ3) is 3.50. The molecule has 2 atom stereocenters. The van der Waals surface area contributed by atoms with Gasteiger partial charge in [0.05, 0.1) is 18.9 Å². The molecule has 2 rings (SSSR count). The Morgan fingerprint density at radius 2 is 2.05 bits per heavy atom. The molecular formula is C14H24ClN3O. The fraction of sp³-hybridized carbons (Fsp3) is 0.786. The highest BCUT2D eigenvalue weighted by atomic mass is 35.5. The summed E-state index contributed by atoms with van der Waals surface area (Å²) in [5.74, 6) is 1.23. The van der Waals surface area contributed by atoms with Gasteiger partial charge in [0, 0.05) is 12.6 Å². The number of aromatic nitrogens is 2. The maximum absolute atomic E-state index is 6.19. The van der Waals surface area contributed by atoms with Gasteiger partial charge in [0.1, 0.15) is 5.15 Å². The van der Waals surface area contributed by atoms with Gasteiger partial charge in [-0.15, -0.1) is 0 Å². The van der Waals surface area contributed by atoms with Gasteiger partial charge in [-0.2, -0.15) is 5.10 Å². The van der Waals surface area contributed by atoms with E-state index in [0.717, 1.165) is 24.4 Å². The van der Waals surface area contributed by atoms with E-state index in [2.05, 4.69) is 5.10 Å². The van der Waals surface area contributed by atoms with Gasteiger partial charge in [0.25, 0.3) is 0 Å². The average Bonchev–Trinajstić information content (AvgIpc) is 2.65. The van der Waals surface area contributed by atoms with Crippen LogP contribution in [0.5, 0.6) is 0 Å². The summed E-state index contributed by atoms with van der Waals surface area (Å²) in [5, 5.41) is 4.97. The van der Waals surface area contributed by atoms with E-state index in [4.69, 9.17) is 22.1 Å². The van der Waals surface area contributed by atoms with Crippen molar-refractivity contribution in [2.24, 2.45) is 24.6 Å². The highest BCUT2D eigenvalue weighted by molar-refractivity contribution is 6.30. The third-order valence-electron chi connectivity index (χ3n) is 4.22. The summed E-state index contributed by atoms with van der Waals surface area (Å²) < 4.78 is 7.57. The van der Waals surface area contributed by atoms with Crippen LogP contribution in [0, 0.1) is 18.8 Å². The molecule has 0 amide bonds. The van der Waals surface area contributed by atoms with Gasteiger partial charge in [-0.1, -0.05) is 24.4 Å². The van der Waals surface area contributed by atoms with Crippen LogP contribution >= 0.6 is 11.6 Å². The zero-order chi connectivity index (χ0) is 13.8. The van der Waals surface area contributed by atoms with Crippen molar-refractivity contribution in [1.29, 1.82) is 0 Å². The zero-order valence-electron chi connectivity index (χ0n) is 11.9. The first kappa shape index (κ1) is 14.8. The fourth-order valence-corrected chi connectivity index (χ4v) is 3.19. The van der Waals surface area contributed by atoms with Crippen molar-refractivity contribution >= 4 is 11.6 Å². The summed E-state index contributed by atoms with van der Waals surface area (Å²) in [5.41, 5.74) is 7.79. The summed E-state index contributed by atoms with van der Waals surface area (Å²) in [4.78, 5) is 0. The largest absolute Gasteiger partial charge is 0.376 e. The Morgan fingerprint density at radius 3 is 2.63 bits per heavy atom. The van der Waals surface area contributed by atoms with Gasteiger partial charge in [0.2, 0.25) is 0 Å². The van der Waals surface area contributed by atoms with Crippen LogP contribution < -0.4 is 5.73 Å². The molecule has 1 heterocycles. The molecule has 5 heteroatoms. The second-order valence-corrected chi connectivity index (χ2v) is 5.89. The molecule has 1 aromatic heterocycles. The molecule has 1 aliphatic rings. The van der Waals surface area contributed by atoms with E-state index >= 15 is 0 Å². The van der Waals surface area contributed by atoms with Crippen LogP contribution in [-0.2, 0) is 18.4 Å². The molecule has 2 N–H and O–H groups in total. The molecular weight excluding hydrogens is 262 g/mol. The molecule has 1 saturated carbocycles. The first-order valence-corrected chi connectivity index (χ1v) is 7.47. The van der Waals surface area contributed by atoms with E-state index in [0.29, 0.717) is 23.6 Å². The van der Waals surface area contributed by atoms with E-state index in [-0.39, 0.29) is 0 Å². The molecule has 0 aromatic carbocycles. The molecule has 1 fully saturated rings. The molecule has 0 spiro atoms. The summed E-state index contributed by atoms with van der Waals surface area (Å²) in [7, 11) is 1.85. The molecule has 4 nitrogen and oxygen atoms in total. The molecule has 0 radical (unpaired) electrons. The minimum atomic E-state index is 0.548. The number of hydrogen-bond donors (Lipinski definition) is 1. The van der Waals surface area contributed by atoms with Crippen LogP contribution in [0.25, 0.3) is 0 Å². The van der Waals surface area contributed by atoms with Crippen LogP contribution in [-0.4, -0.2) is 22.9 Å². The Labute approximate surface area is 120 Å². The van der Waals surface area contributed by atoms with Crippen molar-refractivity contribution in [3.63, 3.8) is 0 Å². The summed E-state index contributed by atoms with van der Waals surface area (Å²) in [6.07, 6.45) is 5.10. The molecule has 0 bridgehead atoms. The van der Waals surface area contributed by atoms with Crippen molar-refractivity contribution < 1.29 is 4.74 Å². The van der Waals surface area contributed by atoms with Gasteiger partial charge in [0.15, 0.2) is 0 Å². The van der Waals surface area contributed by atoms with Gasteiger partial charge < -0.3 is 10.5 Å². The predicted molar refractivity (Wildman–Crippen MR) is 77.1 cm³/mol. The lowest BCUT2D eigenvalue weighted by atomic mass is 9.80. The second kappa shape index (κ2) is 6.73. The minimum absolute atomic E-state index is 0.548. The molecule has 0 saturated heterocycles. The van der Waals surface area contributed by atoms with Crippen LogP contribution in [0.3, 0.4) is 0 Å². The summed E-state index contributed by atoms with van der Waals surface area (Å²) >= 11 is 6.19. The molecule has 1 aromatic rings. The molecule has 0 aliphatic heterocycles. The Hall–Kier alpha value is -0.580. The maximum Gasteiger partial charge on any atom is 0.132 e. The first-order chi connectivity index (χ1) is 9.13. The van der Waals surface area contributed by atoms with E-state index < -0.39 is 0 Å². The molecule has 2 unspecified atom stereocenters. The lowest BCUT2D eigenvalue weighted by Crippen LogP contribution is -2.29. The summed E-state index contributed by atoms with van der Waals surface area (Å²) in [6.45, 7) is 4.08. The third-order valence-corrected chi connectivity index (χ3v) is 4.69. The van der Waals surface area contributed by atoms with Crippen molar-refractivity contribution in [3.8, 4) is 0 Å². The van der Waals surface area contributed by atoms with Gasteiger partial charge in [-0.25, -0.2) is 0 Å². The Morgan fingerprint density at radius 1 is 1.37 bits per heavy atom. The zero-order valence-corrected chi connectivity index (χ0v) is 12.6. The molecule has 19 heavy (non-hydrogen) atoms. The monoisotopic (exact) mass is 285 g/mol. The van der Waals surface area contributed by atoms with Crippen LogP contribution in [0.4, 0.5) is 0 Å². The Kier molecular flexibility index (Phi) is 5.25. The topological polar surface area (TPSA) is 53.1 Å². The number of nitrogens with two attached hydrogens (primary N) is 1. The first-order valence-electron chi connectivity index (χ1n) is 7.09. The number of hydrogen-bond acceptors (Lipinski definition) is 3. The van der Waals surface area contributed by atoms with Gasteiger partial charge in [-0.3, -0.25) is 4.68 Å². The van der Waals surface area contributed by atoms with Crippen molar-refractivity contribution in [3.05, 3.63) is 16.4 Å². The molecule has 1 aliphatic carbocycles. The highest BCUT2D eigenvalue weighted by Crippen LogP contribution is 2.30. The van der Waals surface area contributed by atoms with Crippen molar-refractivity contribution in [2.75, 3.05) is 13.2 Å². The van der Waals surface area contributed by atoms with Gasteiger partial charge >= 0.3 is 0 Å². The minimum Gasteiger partial charge on any atom is -0.376 e. The van der Waals surface area contributed by atoms with Crippen LogP contribution in [0.2, 0.25) is 5.15 Å². The quantitative estimate of drug-likeness (QED) is 0.905. The lowest BCUT2D eigenvalue weighted by molar-refractivity contribution is 0.0510. The lowest BCUT2D eigenvalue weighted by Gasteiger charge is -2.30. The summed E-state index contributed by atoms with van der Waals surface area (Å²) in [6, 6.07) is 0. The van der Waals surface area contributed by atoms with E-state index in [1.807, 2.05) is 14.0 Å². The Balaban J connectivity index is 1.85.